The summed E-state index contributed by atoms with van der Waals surface area (Å²) in [6.45, 7) is 6.93. The molecule has 1 N–H and O–H groups in total. The topological polar surface area (TPSA) is 61.6 Å². The molecule has 24 heavy (non-hydrogen) atoms. The summed E-state index contributed by atoms with van der Waals surface area (Å²) in [6, 6.07) is 8.06. The summed E-state index contributed by atoms with van der Waals surface area (Å²) >= 11 is 0. The van der Waals surface area contributed by atoms with E-state index in [1.165, 1.54) is 0 Å². The zero-order valence-electron chi connectivity index (χ0n) is 14.5. The van der Waals surface area contributed by atoms with Gasteiger partial charge in [0.15, 0.2) is 5.58 Å². The Labute approximate surface area is 142 Å². The molecule has 6 heteroatoms. The Morgan fingerprint density at radius 1 is 1.29 bits per heavy atom. The van der Waals surface area contributed by atoms with Crippen LogP contribution < -0.4 is 5.32 Å². The lowest BCUT2D eigenvalue weighted by Gasteiger charge is -2.36. The second-order valence-corrected chi connectivity index (χ2v) is 6.58. The van der Waals surface area contributed by atoms with Crippen molar-refractivity contribution in [2.45, 2.75) is 32.4 Å². The third-order valence-electron chi connectivity index (χ3n) is 4.73. The van der Waals surface area contributed by atoms with Gasteiger partial charge in [-0.1, -0.05) is 12.1 Å². The molecule has 0 aliphatic carbocycles. The van der Waals surface area contributed by atoms with E-state index in [0.717, 1.165) is 43.7 Å². The van der Waals surface area contributed by atoms with Crippen molar-refractivity contribution in [3.8, 4) is 0 Å². The van der Waals surface area contributed by atoms with Crippen molar-refractivity contribution in [3.05, 3.63) is 30.2 Å². The standard InChI is InChI=1S/C18H26N4O2/c1-14(22-11-9-21(2)10-12-22)7-8-17(23)19-13-18-20-15-5-3-4-6-16(15)24-18/h3-6,14H,7-13H2,1-2H3,(H,19,23). The molecular weight excluding hydrogens is 304 g/mol. The van der Waals surface area contributed by atoms with E-state index in [2.05, 4.69) is 34.1 Å². The molecule has 0 bridgehead atoms. The molecule has 130 valence electrons. The van der Waals surface area contributed by atoms with E-state index >= 15 is 0 Å². The minimum absolute atomic E-state index is 0.0539. The maximum Gasteiger partial charge on any atom is 0.220 e. The highest BCUT2D eigenvalue weighted by molar-refractivity contribution is 5.76. The molecule has 1 fully saturated rings. The highest BCUT2D eigenvalue weighted by atomic mass is 16.3. The molecule has 1 aliphatic heterocycles. The van der Waals surface area contributed by atoms with Crippen LogP contribution in [0.5, 0.6) is 0 Å². The van der Waals surface area contributed by atoms with Gasteiger partial charge in [0.05, 0.1) is 6.54 Å². The van der Waals surface area contributed by atoms with Crippen LogP contribution in [0.3, 0.4) is 0 Å². The molecule has 2 heterocycles. The van der Waals surface area contributed by atoms with Crippen LogP contribution in [0.2, 0.25) is 0 Å². The molecule has 1 aromatic carbocycles. The molecule has 0 spiro atoms. The number of piperazine rings is 1. The Morgan fingerprint density at radius 3 is 2.79 bits per heavy atom. The number of carbonyl (C=O) groups excluding carboxylic acids is 1. The van der Waals surface area contributed by atoms with Crippen molar-refractivity contribution in [1.29, 1.82) is 0 Å². The third-order valence-corrected chi connectivity index (χ3v) is 4.73. The number of amides is 1. The third kappa shape index (κ3) is 4.33. The second-order valence-electron chi connectivity index (χ2n) is 6.58. The van der Waals surface area contributed by atoms with Crippen LogP contribution in [0.15, 0.2) is 28.7 Å². The normalized spacial score (nSPS) is 17.9. The number of hydrogen-bond donors (Lipinski definition) is 1. The van der Waals surface area contributed by atoms with Gasteiger partial charge in [-0.3, -0.25) is 9.69 Å². The van der Waals surface area contributed by atoms with Crippen LogP contribution >= 0.6 is 0 Å². The van der Waals surface area contributed by atoms with Gasteiger partial charge in [0, 0.05) is 38.6 Å². The number of aromatic nitrogens is 1. The smallest absolute Gasteiger partial charge is 0.220 e. The van der Waals surface area contributed by atoms with Gasteiger partial charge in [0.25, 0.3) is 0 Å². The molecule has 1 saturated heterocycles. The zero-order chi connectivity index (χ0) is 16.9. The molecule has 1 unspecified atom stereocenters. The van der Waals surface area contributed by atoms with Gasteiger partial charge in [-0.2, -0.15) is 0 Å². The summed E-state index contributed by atoms with van der Waals surface area (Å²) < 4.78 is 5.61. The maximum atomic E-state index is 12.1. The average Bonchev–Trinajstić information content (AvgIpc) is 3.01. The first-order chi connectivity index (χ1) is 11.6. The second kappa shape index (κ2) is 7.77. The Balaban J connectivity index is 1.40. The minimum atomic E-state index is 0.0539. The number of rotatable bonds is 6. The summed E-state index contributed by atoms with van der Waals surface area (Å²) in [5.74, 6) is 0.606. The summed E-state index contributed by atoms with van der Waals surface area (Å²) in [5.41, 5.74) is 1.58. The molecule has 0 radical (unpaired) electrons. The molecule has 3 rings (SSSR count). The van der Waals surface area contributed by atoms with Crippen molar-refractivity contribution in [3.63, 3.8) is 0 Å². The van der Waals surface area contributed by atoms with E-state index in [9.17, 15) is 4.79 Å². The number of para-hydroxylation sites is 2. The maximum absolute atomic E-state index is 12.1. The monoisotopic (exact) mass is 330 g/mol. The van der Waals surface area contributed by atoms with Crippen molar-refractivity contribution in [2.75, 3.05) is 33.2 Å². The SMILES string of the molecule is CC(CCC(=O)NCc1nc2ccccc2o1)N1CCN(C)CC1. The van der Waals surface area contributed by atoms with Crippen molar-refractivity contribution in [2.24, 2.45) is 0 Å². The summed E-state index contributed by atoms with van der Waals surface area (Å²) in [7, 11) is 2.15. The van der Waals surface area contributed by atoms with Crippen molar-refractivity contribution >= 4 is 17.0 Å². The van der Waals surface area contributed by atoms with Gasteiger partial charge < -0.3 is 14.6 Å². The van der Waals surface area contributed by atoms with E-state index in [4.69, 9.17) is 4.42 Å². The van der Waals surface area contributed by atoms with E-state index in [1.54, 1.807) is 0 Å². The molecule has 2 aromatic rings. The van der Waals surface area contributed by atoms with Gasteiger partial charge in [0.1, 0.15) is 5.52 Å². The highest BCUT2D eigenvalue weighted by Gasteiger charge is 2.19. The molecule has 1 aliphatic rings. The molecule has 6 nitrogen and oxygen atoms in total. The van der Waals surface area contributed by atoms with Gasteiger partial charge in [-0.25, -0.2) is 4.98 Å². The Kier molecular flexibility index (Phi) is 5.48. The largest absolute Gasteiger partial charge is 0.439 e. The predicted molar refractivity (Wildman–Crippen MR) is 93.6 cm³/mol. The molecular formula is C18H26N4O2. The molecule has 1 atom stereocenters. The summed E-state index contributed by atoms with van der Waals surface area (Å²) in [5, 5.41) is 2.90. The van der Waals surface area contributed by atoms with Crippen LogP contribution in [0, 0.1) is 0 Å². The van der Waals surface area contributed by atoms with E-state index in [0.29, 0.717) is 24.9 Å². The van der Waals surface area contributed by atoms with Crippen LogP contribution in [-0.4, -0.2) is 60.0 Å². The predicted octanol–water partition coefficient (Wildman–Crippen LogP) is 1.86. The summed E-state index contributed by atoms with van der Waals surface area (Å²) in [4.78, 5) is 21.2. The summed E-state index contributed by atoms with van der Waals surface area (Å²) in [6.07, 6.45) is 1.41. The molecule has 1 aromatic heterocycles. The van der Waals surface area contributed by atoms with Gasteiger partial charge in [-0.05, 0) is 32.5 Å². The van der Waals surface area contributed by atoms with E-state index < -0.39 is 0 Å². The molecule has 0 saturated carbocycles. The van der Waals surface area contributed by atoms with E-state index in [1.807, 2.05) is 24.3 Å². The first-order valence-electron chi connectivity index (χ1n) is 8.65. The lowest BCUT2D eigenvalue weighted by Crippen LogP contribution is -2.48. The number of benzene rings is 1. The first-order valence-corrected chi connectivity index (χ1v) is 8.65. The lowest BCUT2D eigenvalue weighted by molar-refractivity contribution is -0.121. The number of carbonyl (C=O) groups is 1. The zero-order valence-corrected chi connectivity index (χ0v) is 14.5. The quantitative estimate of drug-likeness (QED) is 0.876. The fourth-order valence-corrected chi connectivity index (χ4v) is 3.04. The average molecular weight is 330 g/mol. The van der Waals surface area contributed by atoms with E-state index in [-0.39, 0.29) is 5.91 Å². The van der Waals surface area contributed by atoms with Crippen molar-refractivity contribution in [1.82, 2.24) is 20.1 Å². The Hall–Kier alpha value is -1.92. The molecule has 1 amide bonds. The lowest BCUT2D eigenvalue weighted by atomic mass is 10.1. The van der Waals surface area contributed by atoms with Gasteiger partial charge >= 0.3 is 0 Å². The van der Waals surface area contributed by atoms with Gasteiger partial charge in [0.2, 0.25) is 11.8 Å². The number of nitrogens with one attached hydrogen (secondary N) is 1. The number of hydrogen-bond acceptors (Lipinski definition) is 5. The fraction of sp³-hybridized carbons (Fsp3) is 0.556. The van der Waals surface area contributed by atoms with Crippen LogP contribution in [0.4, 0.5) is 0 Å². The minimum Gasteiger partial charge on any atom is -0.439 e. The highest BCUT2D eigenvalue weighted by Crippen LogP contribution is 2.14. The fourth-order valence-electron chi connectivity index (χ4n) is 3.04. The van der Waals surface area contributed by atoms with Crippen LogP contribution in [-0.2, 0) is 11.3 Å². The number of nitrogens with zero attached hydrogens (tertiary/aromatic N) is 3. The van der Waals surface area contributed by atoms with Crippen LogP contribution in [0.1, 0.15) is 25.7 Å². The van der Waals surface area contributed by atoms with Crippen LogP contribution in [0.25, 0.3) is 11.1 Å². The van der Waals surface area contributed by atoms with Crippen molar-refractivity contribution < 1.29 is 9.21 Å². The first kappa shape index (κ1) is 16.9. The number of likely N-dealkylation sites (N-methyl/N-ethyl adjacent to an activating group) is 1. The number of fused-ring (bicyclic) bond motifs is 1. The number of oxazole rings is 1. The Morgan fingerprint density at radius 2 is 2.04 bits per heavy atom. The van der Waals surface area contributed by atoms with Gasteiger partial charge in [-0.15, -0.1) is 0 Å². The Bertz CT molecular complexity index is 643.